The normalized spacial score (nSPS) is 17.4. The van der Waals surface area contributed by atoms with Crippen molar-refractivity contribution in [3.8, 4) is 0 Å². The van der Waals surface area contributed by atoms with Crippen molar-refractivity contribution in [3.63, 3.8) is 0 Å². The first-order valence-corrected chi connectivity index (χ1v) is 6.24. The van der Waals surface area contributed by atoms with Gasteiger partial charge in [-0.2, -0.15) is 0 Å². The van der Waals surface area contributed by atoms with Crippen LogP contribution in [0.2, 0.25) is 0 Å². The number of aryl methyl sites for hydroxylation is 1. The van der Waals surface area contributed by atoms with Crippen LogP contribution >= 0.6 is 0 Å². The first-order chi connectivity index (χ1) is 8.11. The van der Waals surface area contributed by atoms with Crippen LogP contribution in [0.15, 0.2) is 12.1 Å². The van der Waals surface area contributed by atoms with Gasteiger partial charge in [-0.1, -0.05) is 6.92 Å². The summed E-state index contributed by atoms with van der Waals surface area (Å²) in [5, 5.41) is 0. The molecule has 0 aliphatic carbocycles. The smallest absolute Gasteiger partial charge is 0.0579 e. The molecular formula is C13H22N4. The SMILES string of the molecule is CCN1CCN(c2cc(C)c(N)c(N)c2)CC1. The van der Waals surface area contributed by atoms with Crippen LogP contribution in [0.4, 0.5) is 17.1 Å². The Morgan fingerprint density at radius 2 is 1.76 bits per heavy atom. The monoisotopic (exact) mass is 234 g/mol. The molecule has 0 saturated carbocycles. The number of rotatable bonds is 2. The minimum atomic E-state index is 0.693. The van der Waals surface area contributed by atoms with E-state index in [1.807, 2.05) is 13.0 Å². The van der Waals surface area contributed by atoms with Crippen LogP contribution in [0.1, 0.15) is 12.5 Å². The summed E-state index contributed by atoms with van der Waals surface area (Å²) in [5.74, 6) is 0. The average Bonchev–Trinajstić information content (AvgIpc) is 2.35. The highest BCUT2D eigenvalue weighted by Crippen LogP contribution is 2.27. The van der Waals surface area contributed by atoms with E-state index in [-0.39, 0.29) is 0 Å². The lowest BCUT2D eigenvalue weighted by Crippen LogP contribution is -2.46. The molecule has 4 nitrogen and oxygen atoms in total. The van der Waals surface area contributed by atoms with Crippen molar-refractivity contribution in [2.24, 2.45) is 0 Å². The molecule has 0 unspecified atom stereocenters. The van der Waals surface area contributed by atoms with Gasteiger partial charge in [-0.05, 0) is 31.2 Å². The van der Waals surface area contributed by atoms with Crippen LogP contribution < -0.4 is 16.4 Å². The molecule has 1 saturated heterocycles. The molecule has 1 aromatic rings. The van der Waals surface area contributed by atoms with Gasteiger partial charge in [-0.15, -0.1) is 0 Å². The summed E-state index contributed by atoms with van der Waals surface area (Å²) in [5.41, 5.74) is 15.5. The van der Waals surface area contributed by atoms with Crippen molar-refractivity contribution in [2.75, 3.05) is 49.1 Å². The van der Waals surface area contributed by atoms with Crippen molar-refractivity contribution in [1.29, 1.82) is 0 Å². The van der Waals surface area contributed by atoms with E-state index < -0.39 is 0 Å². The second kappa shape index (κ2) is 4.84. The zero-order chi connectivity index (χ0) is 12.4. The van der Waals surface area contributed by atoms with Gasteiger partial charge in [-0.25, -0.2) is 0 Å². The second-order valence-electron chi connectivity index (χ2n) is 4.69. The second-order valence-corrected chi connectivity index (χ2v) is 4.69. The Morgan fingerprint density at radius 1 is 1.12 bits per heavy atom. The van der Waals surface area contributed by atoms with E-state index in [0.717, 1.165) is 38.3 Å². The zero-order valence-corrected chi connectivity index (χ0v) is 10.7. The first-order valence-electron chi connectivity index (χ1n) is 6.24. The molecule has 94 valence electrons. The third kappa shape index (κ3) is 2.47. The van der Waals surface area contributed by atoms with Gasteiger partial charge >= 0.3 is 0 Å². The molecule has 0 atom stereocenters. The molecule has 0 amide bonds. The summed E-state index contributed by atoms with van der Waals surface area (Å²) in [4.78, 5) is 4.85. The number of nitrogen functional groups attached to an aromatic ring is 2. The molecular weight excluding hydrogens is 212 g/mol. The van der Waals surface area contributed by atoms with Crippen molar-refractivity contribution < 1.29 is 0 Å². The lowest BCUT2D eigenvalue weighted by molar-refractivity contribution is 0.271. The number of benzene rings is 1. The minimum Gasteiger partial charge on any atom is -0.397 e. The van der Waals surface area contributed by atoms with Crippen molar-refractivity contribution in [2.45, 2.75) is 13.8 Å². The van der Waals surface area contributed by atoms with Gasteiger partial charge in [0, 0.05) is 31.9 Å². The Kier molecular flexibility index (Phi) is 3.43. The third-order valence-corrected chi connectivity index (χ3v) is 3.59. The highest BCUT2D eigenvalue weighted by Gasteiger charge is 2.16. The van der Waals surface area contributed by atoms with Gasteiger partial charge in [0.05, 0.1) is 11.4 Å². The Labute approximate surface area is 103 Å². The molecule has 1 fully saturated rings. The number of nitrogens with zero attached hydrogens (tertiary/aromatic N) is 2. The predicted octanol–water partition coefficient (Wildman–Crippen LogP) is 1.30. The molecule has 1 aromatic carbocycles. The Morgan fingerprint density at radius 3 is 2.29 bits per heavy atom. The van der Waals surface area contributed by atoms with Crippen molar-refractivity contribution in [1.82, 2.24) is 4.90 Å². The molecule has 2 rings (SSSR count). The van der Waals surface area contributed by atoms with E-state index in [0.29, 0.717) is 11.4 Å². The number of likely N-dealkylation sites (N-methyl/N-ethyl adjacent to an activating group) is 1. The van der Waals surface area contributed by atoms with E-state index in [1.165, 1.54) is 5.69 Å². The van der Waals surface area contributed by atoms with Gasteiger partial charge in [-0.3, -0.25) is 0 Å². The standard InChI is InChI=1S/C13H22N4/c1-3-16-4-6-17(7-5-16)11-8-10(2)13(15)12(14)9-11/h8-9H,3-7,14-15H2,1-2H3. The van der Waals surface area contributed by atoms with Crippen LogP contribution in [-0.2, 0) is 0 Å². The molecule has 0 aromatic heterocycles. The van der Waals surface area contributed by atoms with E-state index in [2.05, 4.69) is 22.8 Å². The van der Waals surface area contributed by atoms with E-state index >= 15 is 0 Å². The lowest BCUT2D eigenvalue weighted by Gasteiger charge is -2.35. The van der Waals surface area contributed by atoms with Gasteiger partial charge in [0.2, 0.25) is 0 Å². The predicted molar refractivity (Wildman–Crippen MR) is 74.3 cm³/mol. The number of nitrogens with two attached hydrogens (primary N) is 2. The van der Waals surface area contributed by atoms with Gasteiger partial charge < -0.3 is 21.3 Å². The maximum absolute atomic E-state index is 5.92. The van der Waals surface area contributed by atoms with Crippen LogP contribution in [0.25, 0.3) is 0 Å². The molecule has 0 radical (unpaired) electrons. The maximum Gasteiger partial charge on any atom is 0.0579 e. The molecule has 17 heavy (non-hydrogen) atoms. The molecule has 1 aliphatic heterocycles. The summed E-state index contributed by atoms with van der Waals surface area (Å²) in [6.07, 6.45) is 0. The summed E-state index contributed by atoms with van der Waals surface area (Å²) >= 11 is 0. The van der Waals surface area contributed by atoms with Crippen LogP contribution in [0.5, 0.6) is 0 Å². The Balaban J connectivity index is 2.13. The quantitative estimate of drug-likeness (QED) is 0.757. The first kappa shape index (κ1) is 12.0. The van der Waals surface area contributed by atoms with Gasteiger partial charge in [0.25, 0.3) is 0 Å². The minimum absolute atomic E-state index is 0.693. The van der Waals surface area contributed by atoms with Crippen LogP contribution in [0.3, 0.4) is 0 Å². The summed E-state index contributed by atoms with van der Waals surface area (Å²) in [6.45, 7) is 9.74. The highest BCUT2D eigenvalue weighted by molar-refractivity contribution is 5.73. The number of hydrogen-bond donors (Lipinski definition) is 2. The van der Waals surface area contributed by atoms with Crippen LogP contribution in [-0.4, -0.2) is 37.6 Å². The lowest BCUT2D eigenvalue weighted by atomic mass is 10.1. The van der Waals surface area contributed by atoms with Gasteiger partial charge in [0.1, 0.15) is 0 Å². The maximum atomic E-state index is 5.92. The van der Waals surface area contributed by atoms with Gasteiger partial charge in [0.15, 0.2) is 0 Å². The largest absolute Gasteiger partial charge is 0.397 e. The molecule has 0 spiro atoms. The zero-order valence-electron chi connectivity index (χ0n) is 10.7. The number of piperazine rings is 1. The fraction of sp³-hybridized carbons (Fsp3) is 0.538. The van der Waals surface area contributed by atoms with E-state index in [4.69, 9.17) is 11.5 Å². The van der Waals surface area contributed by atoms with Crippen LogP contribution in [0, 0.1) is 6.92 Å². The average molecular weight is 234 g/mol. The topological polar surface area (TPSA) is 58.5 Å². The van der Waals surface area contributed by atoms with E-state index in [9.17, 15) is 0 Å². The van der Waals surface area contributed by atoms with Crippen molar-refractivity contribution in [3.05, 3.63) is 17.7 Å². The summed E-state index contributed by atoms with van der Waals surface area (Å²) in [6, 6.07) is 4.12. The Bertz CT molecular complexity index is 371. The molecule has 1 aliphatic rings. The van der Waals surface area contributed by atoms with E-state index in [1.54, 1.807) is 0 Å². The third-order valence-electron chi connectivity index (χ3n) is 3.59. The molecule has 4 N–H and O–H groups in total. The fourth-order valence-electron chi connectivity index (χ4n) is 2.31. The number of hydrogen-bond acceptors (Lipinski definition) is 4. The summed E-state index contributed by atoms with van der Waals surface area (Å²) in [7, 11) is 0. The number of anilines is 3. The highest BCUT2D eigenvalue weighted by atomic mass is 15.3. The molecule has 4 heteroatoms. The molecule has 0 bridgehead atoms. The molecule has 1 heterocycles. The Hall–Kier alpha value is -1.42. The summed E-state index contributed by atoms with van der Waals surface area (Å²) < 4.78 is 0. The fourth-order valence-corrected chi connectivity index (χ4v) is 2.31. The van der Waals surface area contributed by atoms with Crippen molar-refractivity contribution >= 4 is 17.1 Å².